The summed E-state index contributed by atoms with van der Waals surface area (Å²) < 4.78 is 6.91. The van der Waals surface area contributed by atoms with Crippen LogP contribution >= 0.6 is 0 Å². The van der Waals surface area contributed by atoms with Gasteiger partial charge in [-0.1, -0.05) is 149 Å². The van der Waals surface area contributed by atoms with Crippen LogP contribution in [0.3, 0.4) is 0 Å². The standard InChI is InChI=1S/C63H65BN2O/c1-37-29-52-57-53(30-37)66(49-22-18-17-21-41(49)39-19-15-14-16-20-39)58-47(24-26-55-56(58)42-32-40(59(3,4)5)23-25-54(42)67-55)64(57)48-33-44-46(63(12,13)36-62(44,10)11)35-51(48)65(52)50-34-45-43(31-38(50)2)60(6,7)27-28-61(45,8)9/h14-26,29-35H,27-28,36H2,1-13H3. The van der Waals surface area contributed by atoms with Crippen LogP contribution in [0.1, 0.15) is 134 Å². The van der Waals surface area contributed by atoms with E-state index in [-0.39, 0.29) is 33.8 Å². The molecule has 0 unspecified atom stereocenters. The van der Waals surface area contributed by atoms with E-state index in [1.165, 1.54) is 119 Å². The average molecular weight is 877 g/mol. The van der Waals surface area contributed by atoms with Gasteiger partial charge in [-0.3, -0.25) is 0 Å². The molecule has 12 rings (SSSR count). The van der Waals surface area contributed by atoms with E-state index >= 15 is 0 Å². The van der Waals surface area contributed by atoms with E-state index in [1.807, 2.05) is 0 Å². The minimum Gasteiger partial charge on any atom is -0.456 e. The molecule has 0 N–H and O–H groups in total. The first kappa shape index (κ1) is 42.4. The summed E-state index contributed by atoms with van der Waals surface area (Å²) in [5.74, 6) is 0. The summed E-state index contributed by atoms with van der Waals surface area (Å²) in [6, 6.07) is 47.0. The Morgan fingerprint density at radius 1 is 0.522 bits per heavy atom. The molecule has 0 saturated heterocycles. The van der Waals surface area contributed by atoms with E-state index in [9.17, 15) is 0 Å². The second kappa shape index (κ2) is 13.8. The van der Waals surface area contributed by atoms with Gasteiger partial charge in [-0.2, -0.15) is 0 Å². The third kappa shape index (κ3) is 6.09. The number of nitrogens with zero attached hydrogens (tertiary/aromatic N) is 2. The van der Waals surface area contributed by atoms with Crippen molar-refractivity contribution in [1.82, 2.24) is 0 Å². The molecule has 67 heavy (non-hydrogen) atoms. The molecule has 4 aliphatic rings. The molecule has 0 atom stereocenters. The van der Waals surface area contributed by atoms with Gasteiger partial charge in [0.1, 0.15) is 11.2 Å². The van der Waals surface area contributed by atoms with Gasteiger partial charge in [0.05, 0.1) is 16.8 Å². The Morgan fingerprint density at radius 2 is 1.12 bits per heavy atom. The minimum atomic E-state index is -0.0304. The lowest BCUT2D eigenvalue weighted by atomic mass is 9.33. The Kier molecular flexibility index (Phi) is 8.73. The fourth-order valence-electron chi connectivity index (χ4n) is 13.4. The lowest BCUT2D eigenvalue weighted by Crippen LogP contribution is -2.61. The van der Waals surface area contributed by atoms with Gasteiger partial charge in [-0.25, -0.2) is 0 Å². The zero-order valence-electron chi connectivity index (χ0n) is 42.0. The van der Waals surface area contributed by atoms with Crippen molar-refractivity contribution in [3.05, 3.63) is 160 Å². The number of aryl methyl sites for hydroxylation is 2. The summed E-state index contributed by atoms with van der Waals surface area (Å²) in [6.07, 6.45) is 3.48. The first-order chi connectivity index (χ1) is 31.6. The molecule has 2 aliphatic heterocycles. The van der Waals surface area contributed by atoms with E-state index in [1.54, 1.807) is 0 Å². The maximum Gasteiger partial charge on any atom is 0.252 e. The Balaban J connectivity index is 1.25. The Bertz CT molecular complexity index is 3410. The van der Waals surface area contributed by atoms with Gasteiger partial charge in [0.25, 0.3) is 6.71 Å². The number of hydrogen-bond donors (Lipinski definition) is 0. The molecule has 3 heterocycles. The summed E-state index contributed by atoms with van der Waals surface area (Å²) >= 11 is 0. The van der Waals surface area contributed by atoms with Gasteiger partial charge in [-0.05, 0) is 170 Å². The second-order valence-corrected chi connectivity index (χ2v) is 24.5. The van der Waals surface area contributed by atoms with E-state index in [0.717, 1.165) is 23.3 Å². The molecule has 3 nitrogen and oxygen atoms in total. The number of para-hydroxylation sites is 1. The zero-order valence-corrected chi connectivity index (χ0v) is 42.0. The van der Waals surface area contributed by atoms with E-state index < -0.39 is 0 Å². The van der Waals surface area contributed by atoms with Crippen LogP contribution in [-0.4, -0.2) is 6.71 Å². The number of rotatable bonds is 3. The molecular formula is C63H65BN2O. The Hall–Kier alpha value is -6.00. The van der Waals surface area contributed by atoms with Gasteiger partial charge in [0.15, 0.2) is 0 Å². The first-order valence-electron chi connectivity index (χ1n) is 24.9. The van der Waals surface area contributed by atoms with Crippen LogP contribution < -0.4 is 26.2 Å². The lowest BCUT2D eigenvalue weighted by molar-refractivity contribution is 0.332. The van der Waals surface area contributed by atoms with E-state index in [2.05, 4.69) is 221 Å². The molecule has 336 valence electrons. The minimum absolute atomic E-state index is 0.0229. The number of hydrogen-bond acceptors (Lipinski definition) is 3. The molecule has 1 aromatic heterocycles. The quantitative estimate of drug-likeness (QED) is 0.165. The Morgan fingerprint density at radius 3 is 1.82 bits per heavy atom. The van der Waals surface area contributed by atoms with Crippen LogP contribution in [0, 0.1) is 13.8 Å². The van der Waals surface area contributed by atoms with Crippen LogP contribution in [0.5, 0.6) is 0 Å². The fraction of sp³-hybridized carbons (Fsp3) is 0.333. The van der Waals surface area contributed by atoms with Crippen molar-refractivity contribution in [3.63, 3.8) is 0 Å². The Labute approximate surface area is 399 Å². The van der Waals surface area contributed by atoms with Gasteiger partial charge in [0.2, 0.25) is 0 Å². The summed E-state index contributed by atoms with van der Waals surface area (Å²) in [5, 5.41) is 2.35. The molecular weight excluding hydrogens is 812 g/mol. The molecule has 0 spiro atoms. The van der Waals surface area contributed by atoms with E-state index in [0.29, 0.717) is 0 Å². The van der Waals surface area contributed by atoms with Gasteiger partial charge < -0.3 is 14.2 Å². The third-order valence-corrected chi connectivity index (χ3v) is 16.8. The molecule has 8 aromatic rings. The number of anilines is 6. The molecule has 0 saturated carbocycles. The summed E-state index contributed by atoms with van der Waals surface area (Å²) in [7, 11) is 0. The first-order valence-corrected chi connectivity index (χ1v) is 24.9. The molecule has 0 amide bonds. The zero-order chi connectivity index (χ0) is 46.9. The van der Waals surface area contributed by atoms with E-state index in [4.69, 9.17) is 4.42 Å². The van der Waals surface area contributed by atoms with Crippen molar-refractivity contribution in [2.75, 3.05) is 9.80 Å². The topological polar surface area (TPSA) is 19.6 Å². The largest absolute Gasteiger partial charge is 0.456 e. The van der Waals surface area contributed by atoms with Crippen LogP contribution in [-0.2, 0) is 27.1 Å². The molecule has 2 aliphatic carbocycles. The number of fused-ring (bicyclic) bond motifs is 10. The van der Waals surface area contributed by atoms with Crippen LogP contribution in [0.4, 0.5) is 34.1 Å². The molecule has 7 aromatic carbocycles. The van der Waals surface area contributed by atoms with Crippen molar-refractivity contribution in [3.8, 4) is 11.1 Å². The smallest absolute Gasteiger partial charge is 0.252 e. The van der Waals surface area contributed by atoms with Crippen LogP contribution in [0.15, 0.2) is 126 Å². The van der Waals surface area contributed by atoms with Crippen LogP contribution in [0.2, 0.25) is 0 Å². The van der Waals surface area contributed by atoms with Gasteiger partial charge in [0, 0.05) is 33.7 Å². The van der Waals surface area contributed by atoms with Crippen molar-refractivity contribution >= 4 is 79.2 Å². The lowest BCUT2D eigenvalue weighted by Gasteiger charge is -2.47. The van der Waals surface area contributed by atoms with Crippen molar-refractivity contribution < 1.29 is 4.42 Å². The van der Waals surface area contributed by atoms with Gasteiger partial charge in [-0.15, -0.1) is 0 Å². The highest BCUT2D eigenvalue weighted by molar-refractivity contribution is 7.00. The average Bonchev–Trinajstić information content (AvgIpc) is 3.74. The second-order valence-electron chi connectivity index (χ2n) is 24.5. The number of benzene rings is 7. The predicted octanol–water partition coefficient (Wildman–Crippen LogP) is 15.6. The normalized spacial score (nSPS) is 18.1. The summed E-state index contributed by atoms with van der Waals surface area (Å²) in [4.78, 5) is 5.34. The van der Waals surface area contributed by atoms with Crippen molar-refractivity contribution in [2.24, 2.45) is 0 Å². The molecule has 0 bridgehead atoms. The van der Waals surface area contributed by atoms with Gasteiger partial charge >= 0.3 is 0 Å². The molecule has 4 heteroatoms. The van der Waals surface area contributed by atoms with Crippen molar-refractivity contribution in [1.29, 1.82) is 0 Å². The third-order valence-electron chi connectivity index (χ3n) is 16.8. The predicted molar refractivity (Wildman–Crippen MR) is 287 cm³/mol. The molecule has 0 fully saturated rings. The summed E-state index contributed by atoms with van der Waals surface area (Å²) in [6.45, 7) is 31.3. The fourth-order valence-corrected chi connectivity index (χ4v) is 13.4. The maximum absolute atomic E-state index is 6.91. The van der Waals surface area contributed by atoms with Crippen molar-refractivity contribution in [2.45, 2.75) is 136 Å². The molecule has 0 radical (unpaired) electrons. The highest BCUT2D eigenvalue weighted by Gasteiger charge is 2.49. The monoisotopic (exact) mass is 877 g/mol. The highest BCUT2D eigenvalue weighted by atomic mass is 16.3. The highest BCUT2D eigenvalue weighted by Crippen LogP contribution is 2.56. The summed E-state index contributed by atoms with van der Waals surface area (Å²) in [5.41, 5.74) is 25.9. The van der Waals surface area contributed by atoms with Crippen LogP contribution in [0.25, 0.3) is 33.1 Å². The maximum atomic E-state index is 6.91. The number of furan rings is 1. The SMILES string of the molecule is Cc1cc2c3c(c1)N(c1ccccc1-c1ccccc1)c1c(ccc4oc5ccc(C(C)(C)C)cc5c14)B3c1cc3c(cc1N2c1cc2c(cc1C)C(C)(C)CCC2(C)C)C(C)(C)CC3(C)C.